The number of esters is 1. The van der Waals surface area contributed by atoms with E-state index in [1.165, 1.54) is 7.11 Å². The molecule has 7 nitrogen and oxygen atoms in total. The van der Waals surface area contributed by atoms with E-state index in [1.54, 1.807) is 12.4 Å². The molecule has 8 heteroatoms. The topological polar surface area (TPSA) is 72.3 Å². The van der Waals surface area contributed by atoms with Gasteiger partial charge in [0.2, 0.25) is 0 Å². The van der Waals surface area contributed by atoms with Crippen LogP contribution in [0.1, 0.15) is 36.3 Å². The minimum absolute atomic E-state index is 0.0831. The summed E-state index contributed by atoms with van der Waals surface area (Å²) >= 11 is 5.69. The largest absolute Gasteiger partial charge is 0.469 e. The molecule has 1 aliphatic rings. The Morgan fingerprint density at radius 2 is 2.10 bits per heavy atom. The summed E-state index contributed by atoms with van der Waals surface area (Å²) in [5.41, 5.74) is 2.97. The monoisotopic (exact) mass is 421 g/mol. The van der Waals surface area contributed by atoms with Crippen LogP contribution in [0.15, 0.2) is 67.3 Å². The zero-order valence-corrected chi connectivity index (χ0v) is 17.5. The first-order chi connectivity index (χ1) is 14.7. The molecule has 1 fully saturated rings. The van der Waals surface area contributed by atoms with Crippen LogP contribution in [0.3, 0.4) is 0 Å². The molecule has 3 aromatic heterocycles. The Morgan fingerprint density at radius 3 is 2.83 bits per heavy atom. The number of aromatic nitrogens is 3. The van der Waals surface area contributed by atoms with Crippen molar-refractivity contribution in [2.45, 2.75) is 24.9 Å². The van der Waals surface area contributed by atoms with Crippen LogP contribution in [0.2, 0.25) is 0 Å². The Balaban J connectivity index is 1.70. The molecular weight excluding hydrogens is 398 g/mol. The fraction of sp³-hybridized carbons (Fsp3) is 0.273. The zero-order chi connectivity index (χ0) is 20.9. The van der Waals surface area contributed by atoms with Gasteiger partial charge in [0.05, 0.1) is 36.8 Å². The number of carbonyl (C=O) groups excluding carboxylic acids is 1. The second kappa shape index (κ2) is 9.04. The van der Waals surface area contributed by atoms with Crippen molar-refractivity contribution in [1.29, 1.82) is 0 Å². The van der Waals surface area contributed by atoms with E-state index in [4.69, 9.17) is 17.0 Å². The molecule has 1 N–H and O–H groups in total. The van der Waals surface area contributed by atoms with Gasteiger partial charge in [-0.05, 0) is 55.0 Å². The van der Waals surface area contributed by atoms with Gasteiger partial charge in [0.15, 0.2) is 5.11 Å². The van der Waals surface area contributed by atoms with Crippen LogP contribution in [0.4, 0.5) is 0 Å². The first-order valence-electron chi connectivity index (χ1n) is 9.81. The number of nitrogens with one attached hydrogen (secondary N) is 1. The van der Waals surface area contributed by atoms with E-state index < -0.39 is 0 Å². The number of hydrogen-bond donors (Lipinski definition) is 1. The standard InChI is InChI=1S/C22H23N5O2S/c1-29-19(28)10-6-14-27-21(20(25-22(27)30)17-8-2-3-12-24-17)18-9-5-13-26(18)16-7-4-11-23-15-16/h2-5,7-9,11-13,15,20-21H,6,10,14H2,1H3,(H,25,30). The first-order valence-corrected chi connectivity index (χ1v) is 10.2. The summed E-state index contributed by atoms with van der Waals surface area (Å²) in [5, 5.41) is 4.09. The molecule has 0 radical (unpaired) electrons. The van der Waals surface area contributed by atoms with Crippen molar-refractivity contribution in [2.75, 3.05) is 13.7 Å². The van der Waals surface area contributed by atoms with Crippen LogP contribution < -0.4 is 5.32 Å². The van der Waals surface area contributed by atoms with E-state index in [2.05, 4.69) is 30.8 Å². The van der Waals surface area contributed by atoms with E-state index in [0.717, 1.165) is 17.1 Å². The van der Waals surface area contributed by atoms with Gasteiger partial charge in [0.1, 0.15) is 0 Å². The molecule has 0 spiro atoms. The molecule has 30 heavy (non-hydrogen) atoms. The van der Waals surface area contributed by atoms with Crippen LogP contribution in [-0.2, 0) is 9.53 Å². The summed E-state index contributed by atoms with van der Waals surface area (Å²) in [6, 6.07) is 13.7. The van der Waals surface area contributed by atoms with Gasteiger partial charge in [-0.15, -0.1) is 0 Å². The first kappa shape index (κ1) is 20.0. The van der Waals surface area contributed by atoms with Crippen molar-refractivity contribution in [3.8, 4) is 5.69 Å². The Hall–Kier alpha value is -3.26. The Morgan fingerprint density at radius 1 is 1.20 bits per heavy atom. The number of ether oxygens (including phenoxy) is 1. The van der Waals surface area contributed by atoms with Crippen molar-refractivity contribution in [3.63, 3.8) is 0 Å². The van der Waals surface area contributed by atoms with Gasteiger partial charge in [-0.3, -0.25) is 14.8 Å². The second-order valence-corrected chi connectivity index (χ2v) is 7.40. The lowest BCUT2D eigenvalue weighted by Crippen LogP contribution is -2.31. The Kier molecular flexibility index (Phi) is 6.04. The highest BCUT2D eigenvalue weighted by Gasteiger charge is 2.41. The van der Waals surface area contributed by atoms with Crippen LogP contribution in [-0.4, -0.2) is 44.2 Å². The summed E-state index contributed by atoms with van der Waals surface area (Å²) in [5.74, 6) is -0.218. The quantitative estimate of drug-likeness (QED) is 0.464. The maximum absolute atomic E-state index is 11.6. The minimum Gasteiger partial charge on any atom is -0.469 e. The number of pyridine rings is 2. The van der Waals surface area contributed by atoms with Gasteiger partial charge in [-0.25, -0.2) is 0 Å². The summed E-state index contributed by atoms with van der Waals surface area (Å²) in [6.07, 6.45) is 8.40. The molecule has 0 aromatic carbocycles. The zero-order valence-electron chi connectivity index (χ0n) is 16.6. The van der Waals surface area contributed by atoms with Crippen LogP contribution in [0.25, 0.3) is 5.69 Å². The number of carbonyl (C=O) groups is 1. The van der Waals surface area contributed by atoms with Gasteiger partial charge < -0.3 is 19.5 Å². The van der Waals surface area contributed by atoms with Gasteiger partial charge in [0.25, 0.3) is 0 Å². The molecule has 154 valence electrons. The normalized spacial score (nSPS) is 18.3. The van der Waals surface area contributed by atoms with Gasteiger partial charge >= 0.3 is 5.97 Å². The molecule has 1 saturated heterocycles. The molecular formula is C22H23N5O2S. The third kappa shape index (κ3) is 4.04. The van der Waals surface area contributed by atoms with Crippen LogP contribution in [0, 0.1) is 0 Å². The van der Waals surface area contributed by atoms with E-state index in [0.29, 0.717) is 24.5 Å². The maximum Gasteiger partial charge on any atom is 0.305 e. The molecule has 0 amide bonds. The highest BCUT2D eigenvalue weighted by Crippen LogP contribution is 2.39. The van der Waals surface area contributed by atoms with Gasteiger partial charge in [-0.1, -0.05) is 6.07 Å². The van der Waals surface area contributed by atoms with Gasteiger partial charge in [0, 0.05) is 37.3 Å². The Labute approximate surface area is 180 Å². The summed E-state index contributed by atoms with van der Waals surface area (Å²) in [7, 11) is 1.41. The highest BCUT2D eigenvalue weighted by atomic mass is 32.1. The lowest BCUT2D eigenvalue weighted by Gasteiger charge is -2.28. The highest BCUT2D eigenvalue weighted by molar-refractivity contribution is 7.80. The predicted octanol–water partition coefficient (Wildman–Crippen LogP) is 3.19. The molecule has 2 unspecified atom stereocenters. The van der Waals surface area contributed by atoms with Gasteiger partial charge in [-0.2, -0.15) is 0 Å². The lowest BCUT2D eigenvalue weighted by molar-refractivity contribution is -0.140. The number of rotatable bonds is 7. The lowest BCUT2D eigenvalue weighted by atomic mass is 10.0. The number of hydrogen-bond acceptors (Lipinski definition) is 5. The predicted molar refractivity (Wildman–Crippen MR) is 117 cm³/mol. The maximum atomic E-state index is 11.6. The van der Waals surface area contributed by atoms with E-state index in [-0.39, 0.29) is 18.1 Å². The molecule has 0 bridgehead atoms. The molecule has 2 atom stereocenters. The molecule has 4 heterocycles. The molecule has 0 saturated carbocycles. The summed E-state index contributed by atoms with van der Waals surface area (Å²) in [6.45, 7) is 0.632. The van der Waals surface area contributed by atoms with Crippen LogP contribution in [0.5, 0.6) is 0 Å². The average Bonchev–Trinajstić information content (AvgIpc) is 3.39. The minimum atomic E-state index is -0.218. The average molecular weight is 422 g/mol. The SMILES string of the molecule is COC(=O)CCCN1C(=S)NC(c2ccccn2)C1c1cccn1-c1cccnc1. The molecule has 4 rings (SSSR count). The Bertz CT molecular complexity index is 1010. The fourth-order valence-electron chi connectivity index (χ4n) is 3.83. The van der Waals surface area contributed by atoms with E-state index in [9.17, 15) is 4.79 Å². The summed E-state index contributed by atoms with van der Waals surface area (Å²) < 4.78 is 6.90. The van der Waals surface area contributed by atoms with E-state index >= 15 is 0 Å². The van der Waals surface area contributed by atoms with Crippen molar-refractivity contribution in [1.82, 2.24) is 24.8 Å². The van der Waals surface area contributed by atoms with Crippen molar-refractivity contribution < 1.29 is 9.53 Å². The molecule has 0 aliphatic carbocycles. The third-order valence-electron chi connectivity index (χ3n) is 5.21. The number of nitrogens with zero attached hydrogens (tertiary/aromatic N) is 4. The van der Waals surface area contributed by atoms with E-state index in [1.807, 2.05) is 48.8 Å². The number of thiocarbonyl (C=S) groups is 1. The third-order valence-corrected chi connectivity index (χ3v) is 5.57. The van der Waals surface area contributed by atoms with Crippen molar-refractivity contribution in [2.24, 2.45) is 0 Å². The molecule has 1 aliphatic heterocycles. The summed E-state index contributed by atoms with van der Waals surface area (Å²) in [4.78, 5) is 22.6. The van der Waals surface area contributed by atoms with Crippen molar-refractivity contribution >= 4 is 23.3 Å². The number of methoxy groups -OCH3 is 1. The molecule has 3 aromatic rings. The fourth-order valence-corrected chi connectivity index (χ4v) is 4.16. The smallest absolute Gasteiger partial charge is 0.305 e. The van der Waals surface area contributed by atoms with Crippen LogP contribution >= 0.6 is 12.2 Å². The second-order valence-electron chi connectivity index (χ2n) is 7.01. The van der Waals surface area contributed by atoms with Crippen molar-refractivity contribution in [3.05, 3.63) is 78.6 Å².